The molecule has 2 rings (SSSR count). The summed E-state index contributed by atoms with van der Waals surface area (Å²) in [6.07, 6.45) is 4.50. The maximum atomic E-state index is 13.4. The topological polar surface area (TPSA) is 21.3 Å². The Bertz CT molecular complexity index is 411. The molecule has 106 valence electrons. The van der Waals surface area contributed by atoms with Gasteiger partial charge in [0.05, 0.1) is 6.61 Å². The van der Waals surface area contributed by atoms with Crippen LogP contribution >= 0.6 is 0 Å². The molecule has 0 heterocycles. The molecule has 2 atom stereocenters. The second kappa shape index (κ2) is 6.85. The second-order valence-electron chi connectivity index (χ2n) is 5.07. The van der Waals surface area contributed by atoms with Crippen LogP contribution in [-0.2, 0) is 0 Å². The molecule has 0 aromatic heterocycles. The zero-order valence-corrected chi connectivity index (χ0v) is 11.3. The van der Waals surface area contributed by atoms with Gasteiger partial charge in [-0.05, 0) is 43.9 Å². The summed E-state index contributed by atoms with van der Waals surface area (Å²) in [4.78, 5) is 0. The van der Waals surface area contributed by atoms with E-state index in [-0.39, 0.29) is 5.75 Å². The number of hydrogen-bond acceptors (Lipinski definition) is 2. The van der Waals surface area contributed by atoms with E-state index in [1.165, 1.54) is 19.3 Å². The van der Waals surface area contributed by atoms with Crippen molar-refractivity contribution in [2.75, 3.05) is 13.2 Å². The van der Waals surface area contributed by atoms with E-state index in [2.05, 4.69) is 12.2 Å². The van der Waals surface area contributed by atoms with Crippen molar-refractivity contribution in [2.24, 2.45) is 5.92 Å². The molecule has 0 aliphatic heterocycles. The van der Waals surface area contributed by atoms with Crippen LogP contribution in [0.4, 0.5) is 8.78 Å². The molecule has 2 unspecified atom stereocenters. The average Bonchev–Trinajstić information content (AvgIpc) is 2.82. The second-order valence-corrected chi connectivity index (χ2v) is 5.07. The van der Waals surface area contributed by atoms with E-state index >= 15 is 0 Å². The fourth-order valence-electron chi connectivity index (χ4n) is 2.82. The third-order valence-corrected chi connectivity index (χ3v) is 3.76. The Labute approximate surface area is 113 Å². The molecule has 0 bridgehead atoms. The molecule has 1 aliphatic carbocycles. The smallest absolute Gasteiger partial charge is 0.165 e. The third-order valence-electron chi connectivity index (χ3n) is 3.76. The molecule has 1 aromatic rings. The molecule has 1 fully saturated rings. The number of hydrogen-bond donors (Lipinski definition) is 1. The van der Waals surface area contributed by atoms with Crippen LogP contribution in [-0.4, -0.2) is 19.2 Å². The van der Waals surface area contributed by atoms with E-state index in [0.717, 1.165) is 31.2 Å². The molecule has 0 spiro atoms. The highest BCUT2D eigenvalue weighted by Gasteiger charge is 2.26. The summed E-state index contributed by atoms with van der Waals surface area (Å²) in [6, 6.07) is 3.85. The Morgan fingerprint density at radius 2 is 2.16 bits per heavy atom. The molecular formula is C15H21F2NO. The fourth-order valence-corrected chi connectivity index (χ4v) is 2.82. The van der Waals surface area contributed by atoms with Crippen LogP contribution in [0.25, 0.3) is 0 Å². The molecule has 1 aliphatic rings. The minimum absolute atomic E-state index is 0.0120. The average molecular weight is 269 g/mol. The molecule has 0 radical (unpaired) electrons. The lowest BCUT2D eigenvalue weighted by atomic mass is 10.00. The summed E-state index contributed by atoms with van der Waals surface area (Å²) in [5.41, 5.74) is 0. The predicted molar refractivity (Wildman–Crippen MR) is 71.3 cm³/mol. The molecule has 0 saturated heterocycles. The van der Waals surface area contributed by atoms with E-state index in [4.69, 9.17) is 4.74 Å². The lowest BCUT2D eigenvalue weighted by Crippen LogP contribution is -2.32. The Balaban J connectivity index is 1.81. The van der Waals surface area contributed by atoms with Gasteiger partial charge in [0.1, 0.15) is 5.82 Å². The van der Waals surface area contributed by atoms with Gasteiger partial charge in [0, 0.05) is 12.1 Å². The van der Waals surface area contributed by atoms with Gasteiger partial charge in [0.15, 0.2) is 11.6 Å². The monoisotopic (exact) mass is 269 g/mol. The van der Waals surface area contributed by atoms with Gasteiger partial charge in [-0.2, -0.15) is 0 Å². The van der Waals surface area contributed by atoms with Gasteiger partial charge in [-0.3, -0.25) is 0 Å². The quantitative estimate of drug-likeness (QED) is 0.853. The van der Waals surface area contributed by atoms with Crippen molar-refractivity contribution in [2.45, 2.75) is 38.6 Å². The van der Waals surface area contributed by atoms with Crippen molar-refractivity contribution in [3.05, 3.63) is 29.8 Å². The Kier molecular flexibility index (Phi) is 5.14. The Hall–Kier alpha value is -1.16. The van der Waals surface area contributed by atoms with Gasteiger partial charge in [0.2, 0.25) is 0 Å². The van der Waals surface area contributed by atoms with E-state index in [1.807, 2.05) is 0 Å². The van der Waals surface area contributed by atoms with Gasteiger partial charge in [-0.1, -0.05) is 13.3 Å². The largest absolute Gasteiger partial charge is 0.490 e. The minimum Gasteiger partial charge on any atom is -0.490 e. The number of benzene rings is 1. The van der Waals surface area contributed by atoms with Crippen LogP contribution in [0.15, 0.2) is 18.2 Å². The summed E-state index contributed by atoms with van der Waals surface area (Å²) in [5.74, 6) is -0.381. The molecule has 0 amide bonds. The first-order valence-corrected chi connectivity index (χ1v) is 7.02. The highest BCUT2D eigenvalue weighted by Crippen LogP contribution is 2.28. The van der Waals surface area contributed by atoms with Gasteiger partial charge in [0.25, 0.3) is 0 Å². The first-order chi connectivity index (χ1) is 9.20. The normalized spacial score (nSPS) is 22.7. The van der Waals surface area contributed by atoms with Crippen molar-refractivity contribution < 1.29 is 13.5 Å². The summed E-state index contributed by atoms with van der Waals surface area (Å²) in [6.45, 7) is 3.52. The third kappa shape index (κ3) is 3.90. The number of halogens is 2. The van der Waals surface area contributed by atoms with Crippen molar-refractivity contribution >= 4 is 0 Å². The van der Waals surface area contributed by atoms with Gasteiger partial charge in [-0.25, -0.2) is 8.78 Å². The first-order valence-electron chi connectivity index (χ1n) is 7.02. The van der Waals surface area contributed by atoms with Crippen LogP contribution in [0.5, 0.6) is 5.75 Å². The molecule has 2 nitrogen and oxygen atoms in total. The van der Waals surface area contributed by atoms with Crippen molar-refractivity contribution in [1.82, 2.24) is 5.32 Å². The standard InChI is InChI=1S/C15H21F2NO/c1-2-18-14-5-3-4-11(14)8-9-19-15-10-12(16)6-7-13(15)17/h6-7,10-11,14,18H,2-5,8-9H2,1H3. The fraction of sp³-hybridized carbons (Fsp3) is 0.600. The van der Waals surface area contributed by atoms with Crippen molar-refractivity contribution in [3.8, 4) is 5.75 Å². The summed E-state index contributed by atoms with van der Waals surface area (Å²) in [5, 5.41) is 3.47. The molecule has 1 aromatic carbocycles. The van der Waals surface area contributed by atoms with Gasteiger partial charge in [-0.15, -0.1) is 0 Å². The minimum atomic E-state index is -0.504. The van der Waals surface area contributed by atoms with Crippen LogP contribution in [0.3, 0.4) is 0 Å². The lowest BCUT2D eigenvalue weighted by molar-refractivity contribution is 0.251. The SMILES string of the molecule is CCNC1CCCC1CCOc1cc(F)ccc1F. The van der Waals surface area contributed by atoms with Crippen LogP contribution in [0.2, 0.25) is 0 Å². The maximum absolute atomic E-state index is 13.4. The van der Waals surface area contributed by atoms with Crippen LogP contribution < -0.4 is 10.1 Å². The van der Waals surface area contributed by atoms with Gasteiger partial charge >= 0.3 is 0 Å². The summed E-state index contributed by atoms with van der Waals surface area (Å²) >= 11 is 0. The molecule has 1 N–H and O–H groups in total. The van der Waals surface area contributed by atoms with E-state index in [0.29, 0.717) is 18.6 Å². The molecule has 1 saturated carbocycles. The predicted octanol–water partition coefficient (Wildman–Crippen LogP) is 3.51. The number of rotatable bonds is 6. The Morgan fingerprint density at radius 1 is 1.32 bits per heavy atom. The summed E-state index contributed by atoms with van der Waals surface area (Å²) in [7, 11) is 0. The molecule has 19 heavy (non-hydrogen) atoms. The van der Waals surface area contributed by atoms with Crippen molar-refractivity contribution in [1.29, 1.82) is 0 Å². The number of nitrogens with one attached hydrogen (secondary N) is 1. The highest BCUT2D eigenvalue weighted by molar-refractivity contribution is 5.24. The van der Waals surface area contributed by atoms with E-state index < -0.39 is 11.6 Å². The lowest BCUT2D eigenvalue weighted by Gasteiger charge is -2.20. The zero-order chi connectivity index (χ0) is 13.7. The highest BCUT2D eigenvalue weighted by atomic mass is 19.1. The summed E-state index contributed by atoms with van der Waals surface area (Å²) < 4.78 is 31.7. The van der Waals surface area contributed by atoms with E-state index in [1.54, 1.807) is 0 Å². The maximum Gasteiger partial charge on any atom is 0.165 e. The molecule has 4 heteroatoms. The van der Waals surface area contributed by atoms with Crippen LogP contribution in [0.1, 0.15) is 32.6 Å². The Morgan fingerprint density at radius 3 is 2.95 bits per heavy atom. The van der Waals surface area contributed by atoms with Crippen molar-refractivity contribution in [3.63, 3.8) is 0 Å². The first kappa shape index (κ1) is 14.3. The van der Waals surface area contributed by atoms with Crippen LogP contribution in [0, 0.1) is 17.6 Å². The zero-order valence-electron chi connectivity index (χ0n) is 11.3. The van der Waals surface area contributed by atoms with E-state index in [9.17, 15) is 8.78 Å². The molecular weight excluding hydrogens is 248 g/mol. The number of ether oxygens (including phenoxy) is 1. The van der Waals surface area contributed by atoms with Gasteiger partial charge < -0.3 is 10.1 Å².